The third-order valence-electron chi connectivity index (χ3n) is 2.69. The number of benzene rings is 2. The maximum Gasteiger partial charge on any atom is 0.258 e. The lowest BCUT2D eigenvalue weighted by Crippen LogP contribution is -2.14. The Hall–Kier alpha value is -0.910. The van der Waals surface area contributed by atoms with E-state index in [1.807, 2.05) is 6.92 Å². The van der Waals surface area contributed by atoms with Crippen molar-refractivity contribution in [3.05, 3.63) is 61.2 Å². The lowest BCUT2D eigenvalue weighted by atomic mass is 10.2. The molecule has 0 unspecified atom stereocenters. The Bertz CT molecular complexity index is 691. The SMILES string of the molecule is Cc1cc(Br)c(NC(=O)c2cccc(Br)c2F)cc1Cl. The van der Waals surface area contributed by atoms with Gasteiger partial charge in [-0.2, -0.15) is 0 Å². The van der Waals surface area contributed by atoms with Crippen molar-refractivity contribution in [2.24, 2.45) is 0 Å². The number of halogens is 4. The number of hydrogen-bond acceptors (Lipinski definition) is 1. The van der Waals surface area contributed by atoms with Gasteiger partial charge in [-0.05, 0) is 68.6 Å². The van der Waals surface area contributed by atoms with E-state index in [4.69, 9.17) is 11.6 Å². The maximum atomic E-state index is 13.9. The predicted molar refractivity (Wildman–Crippen MR) is 85.9 cm³/mol. The van der Waals surface area contributed by atoms with Crippen molar-refractivity contribution >= 4 is 55.1 Å². The monoisotopic (exact) mass is 419 g/mol. The Kier molecular flexibility index (Phi) is 4.83. The standard InChI is InChI=1S/C14H9Br2ClFNO/c1-7-5-10(16)12(6-11(7)17)19-14(20)8-3-2-4-9(15)13(8)18/h2-6H,1H3,(H,19,20). The van der Waals surface area contributed by atoms with Gasteiger partial charge in [0.2, 0.25) is 0 Å². The molecular formula is C14H9Br2ClFNO. The van der Waals surface area contributed by atoms with Gasteiger partial charge in [-0.15, -0.1) is 0 Å². The average molecular weight is 421 g/mol. The number of aryl methyl sites for hydroxylation is 1. The van der Waals surface area contributed by atoms with Gasteiger partial charge >= 0.3 is 0 Å². The summed E-state index contributed by atoms with van der Waals surface area (Å²) in [7, 11) is 0. The average Bonchev–Trinajstić information content (AvgIpc) is 2.39. The lowest BCUT2D eigenvalue weighted by Gasteiger charge is -2.10. The van der Waals surface area contributed by atoms with Crippen molar-refractivity contribution in [2.45, 2.75) is 6.92 Å². The summed E-state index contributed by atoms with van der Waals surface area (Å²) in [6.07, 6.45) is 0. The van der Waals surface area contributed by atoms with Crippen LogP contribution in [0, 0.1) is 12.7 Å². The highest BCUT2D eigenvalue weighted by atomic mass is 79.9. The Balaban J connectivity index is 2.33. The molecule has 6 heteroatoms. The number of carbonyl (C=O) groups is 1. The van der Waals surface area contributed by atoms with Gasteiger partial charge in [0.05, 0.1) is 15.7 Å². The van der Waals surface area contributed by atoms with Crippen molar-refractivity contribution in [3.8, 4) is 0 Å². The van der Waals surface area contributed by atoms with E-state index >= 15 is 0 Å². The molecule has 0 saturated carbocycles. The number of rotatable bonds is 2. The largest absolute Gasteiger partial charge is 0.321 e. The zero-order valence-corrected chi connectivity index (χ0v) is 14.2. The van der Waals surface area contributed by atoms with Crippen molar-refractivity contribution in [1.82, 2.24) is 0 Å². The lowest BCUT2D eigenvalue weighted by molar-refractivity contribution is 0.102. The molecule has 2 rings (SSSR count). The van der Waals surface area contributed by atoms with E-state index in [0.717, 1.165) is 5.56 Å². The molecule has 20 heavy (non-hydrogen) atoms. The molecule has 0 aliphatic carbocycles. The summed E-state index contributed by atoms with van der Waals surface area (Å²) in [5.41, 5.74) is 1.33. The molecule has 2 aromatic rings. The van der Waals surface area contributed by atoms with Gasteiger partial charge in [-0.25, -0.2) is 4.39 Å². The van der Waals surface area contributed by atoms with Crippen molar-refractivity contribution in [3.63, 3.8) is 0 Å². The second kappa shape index (κ2) is 6.24. The molecular weight excluding hydrogens is 412 g/mol. The molecule has 1 amide bonds. The molecule has 1 N–H and O–H groups in total. The molecule has 0 atom stereocenters. The fourth-order valence-corrected chi connectivity index (χ4v) is 2.70. The summed E-state index contributed by atoms with van der Waals surface area (Å²) in [5, 5.41) is 3.16. The van der Waals surface area contributed by atoms with Crippen LogP contribution in [0.4, 0.5) is 10.1 Å². The number of anilines is 1. The quantitative estimate of drug-likeness (QED) is 0.675. The summed E-state index contributed by atoms with van der Waals surface area (Å²) >= 11 is 12.4. The first-order valence-corrected chi connectivity index (χ1v) is 7.57. The predicted octanol–water partition coefficient (Wildman–Crippen LogP) is 5.56. The van der Waals surface area contributed by atoms with Crippen LogP contribution in [-0.2, 0) is 0 Å². The molecule has 0 fully saturated rings. The second-order valence-electron chi connectivity index (χ2n) is 4.14. The molecule has 0 aliphatic rings. The van der Waals surface area contributed by atoms with E-state index in [-0.39, 0.29) is 10.0 Å². The molecule has 0 saturated heterocycles. The second-order valence-corrected chi connectivity index (χ2v) is 6.25. The first kappa shape index (κ1) is 15.5. The third-order valence-corrected chi connectivity index (χ3v) is 4.37. The molecule has 0 aromatic heterocycles. The fraction of sp³-hybridized carbons (Fsp3) is 0.0714. The number of carbonyl (C=O) groups excluding carboxylic acids is 1. The van der Waals surface area contributed by atoms with Crippen LogP contribution in [0.2, 0.25) is 5.02 Å². The van der Waals surface area contributed by atoms with E-state index in [0.29, 0.717) is 15.2 Å². The molecule has 0 bridgehead atoms. The van der Waals surface area contributed by atoms with Gasteiger partial charge < -0.3 is 5.32 Å². The number of amides is 1. The highest BCUT2D eigenvalue weighted by Gasteiger charge is 2.15. The van der Waals surface area contributed by atoms with Gasteiger partial charge in [0.1, 0.15) is 5.82 Å². The zero-order valence-electron chi connectivity index (χ0n) is 10.3. The zero-order chi connectivity index (χ0) is 14.9. The molecule has 2 nitrogen and oxygen atoms in total. The van der Waals surface area contributed by atoms with Gasteiger partial charge in [-0.3, -0.25) is 4.79 Å². The van der Waals surface area contributed by atoms with Crippen LogP contribution in [0.5, 0.6) is 0 Å². The minimum absolute atomic E-state index is 0.0389. The first-order valence-electron chi connectivity index (χ1n) is 5.61. The summed E-state index contributed by atoms with van der Waals surface area (Å²) in [5.74, 6) is -1.14. The van der Waals surface area contributed by atoms with E-state index < -0.39 is 11.7 Å². The van der Waals surface area contributed by atoms with E-state index in [1.165, 1.54) is 12.1 Å². The Morgan fingerprint density at radius 2 is 1.95 bits per heavy atom. The molecule has 2 aromatic carbocycles. The topological polar surface area (TPSA) is 29.1 Å². The minimum Gasteiger partial charge on any atom is -0.321 e. The van der Waals surface area contributed by atoms with Gasteiger partial charge in [-0.1, -0.05) is 17.7 Å². The van der Waals surface area contributed by atoms with Crippen LogP contribution in [0.15, 0.2) is 39.3 Å². The van der Waals surface area contributed by atoms with Crippen LogP contribution in [0.3, 0.4) is 0 Å². The van der Waals surface area contributed by atoms with Gasteiger partial charge in [0, 0.05) is 9.50 Å². The smallest absolute Gasteiger partial charge is 0.258 e. The highest BCUT2D eigenvalue weighted by Crippen LogP contribution is 2.30. The number of hydrogen-bond donors (Lipinski definition) is 1. The summed E-state index contributed by atoms with van der Waals surface area (Å²) in [6.45, 7) is 1.85. The molecule has 0 aliphatic heterocycles. The summed E-state index contributed by atoms with van der Waals surface area (Å²) < 4.78 is 14.8. The minimum atomic E-state index is -0.598. The van der Waals surface area contributed by atoms with Gasteiger partial charge in [0.25, 0.3) is 5.91 Å². The molecule has 0 heterocycles. The Labute approximate surface area is 137 Å². The van der Waals surface area contributed by atoms with E-state index in [2.05, 4.69) is 37.2 Å². The van der Waals surface area contributed by atoms with Crippen LogP contribution in [0.1, 0.15) is 15.9 Å². The van der Waals surface area contributed by atoms with Crippen molar-refractivity contribution in [1.29, 1.82) is 0 Å². The number of nitrogens with one attached hydrogen (secondary N) is 1. The van der Waals surface area contributed by atoms with E-state index in [9.17, 15) is 9.18 Å². The first-order chi connectivity index (χ1) is 9.40. The molecule has 104 valence electrons. The fourth-order valence-electron chi connectivity index (χ4n) is 1.61. The van der Waals surface area contributed by atoms with E-state index in [1.54, 1.807) is 18.2 Å². The summed E-state index contributed by atoms with van der Waals surface area (Å²) in [6, 6.07) is 7.95. The van der Waals surface area contributed by atoms with Crippen LogP contribution in [-0.4, -0.2) is 5.91 Å². The van der Waals surface area contributed by atoms with Crippen molar-refractivity contribution < 1.29 is 9.18 Å². The van der Waals surface area contributed by atoms with Crippen LogP contribution < -0.4 is 5.32 Å². The van der Waals surface area contributed by atoms with Crippen molar-refractivity contribution in [2.75, 3.05) is 5.32 Å². The Morgan fingerprint density at radius 1 is 1.25 bits per heavy atom. The Morgan fingerprint density at radius 3 is 2.65 bits per heavy atom. The van der Waals surface area contributed by atoms with Gasteiger partial charge in [0.15, 0.2) is 0 Å². The normalized spacial score (nSPS) is 10.4. The molecule has 0 spiro atoms. The van der Waals surface area contributed by atoms with Crippen LogP contribution >= 0.6 is 43.5 Å². The third kappa shape index (κ3) is 3.22. The molecule has 0 radical (unpaired) electrons. The highest BCUT2D eigenvalue weighted by molar-refractivity contribution is 9.10. The van der Waals surface area contributed by atoms with Crippen LogP contribution in [0.25, 0.3) is 0 Å². The maximum absolute atomic E-state index is 13.9. The summed E-state index contributed by atoms with van der Waals surface area (Å²) in [4.78, 5) is 12.1.